The first-order valence-corrected chi connectivity index (χ1v) is 10.0. The number of benzene rings is 2. The molecule has 0 radical (unpaired) electrons. The molecule has 0 bridgehead atoms. The van der Waals surface area contributed by atoms with E-state index in [0.29, 0.717) is 13.1 Å². The van der Waals surface area contributed by atoms with E-state index < -0.39 is 0 Å². The summed E-state index contributed by atoms with van der Waals surface area (Å²) >= 11 is 0. The van der Waals surface area contributed by atoms with Crippen LogP contribution in [0.4, 0.5) is 5.69 Å². The van der Waals surface area contributed by atoms with Crippen LogP contribution in [0.15, 0.2) is 47.5 Å². The van der Waals surface area contributed by atoms with Crippen LogP contribution >= 0.6 is 24.0 Å². The van der Waals surface area contributed by atoms with E-state index in [-0.39, 0.29) is 36.0 Å². The first-order chi connectivity index (χ1) is 13.9. The van der Waals surface area contributed by atoms with E-state index in [4.69, 9.17) is 4.74 Å². The van der Waals surface area contributed by atoms with E-state index in [1.807, 2.05) is 45.0 Å². The molecule has 0 unspecified atom stereocenters. The van der Waals surface area contributed by atoms with Crippen molar-refractivity contribution in [1.82, 2.24) is 10.6 Å². The monoisotopic (exact) mass is 524 g/mol. The molecule has 2 aromatic rings. The molecule has 2 rings (SSSR count). The molecule has 7 heteroatoms. The molecule has 0 spiro atoms. The van der Waals surface area contributed by atoms with Gasteiger partial charge in [0.1, 0.15) is 5.75 Å². The number of carbonyl (C=O) groups is 1. The molecule has 0 saturated heterocycles. The Labute approximate surface area is 196 Å². The van der Waals surface area contributed by atoms with Crippen LogP contribution in [-0.4, -0.2) is 24.5 Å². The first kappa shape index (κ1) is 25.7. The van der Waals surface area contributed by atoms with Gasteiger partial charge in [0.2, 0.25) is 5.91 Å². The minimum Gasteiger partial charge on any atom is -0.491 e. The quantitative estimate of drug-likeness (QED) is 0.268. The van der Waals surface area contributed by atoms with Gasteiger partial charge in [-0.25, -0.2) is 4.99 Å². The van der Waals surface area contributed by atoms with Crippen molar-refractivity contribution >= 4 is 41.5 Å². The number of amides is 1. The zero-order valence-corrected chi connectivity index (χ0v) is 20.7. The molecule has 0 aromatic heterocycles. The summed E-state index contributed by atoms with van der Waals surface area (Å²) < 4.78 is 5.96. The van der Waals surface area contributed by atoms with Crippen LogP contribution in [0.3, 0.4) is 0 Å². The van der Waals surface area contributed by atoms with Crippen LogP contribution in [-0.2, 0) is 17.9 Å². The molecule has 0 saturated carbocycles. The number of rotatable bonds is 8. The molecule has 0 aliphatic heterocycles. The van der Waals surface area contributed by atoms with E-state index in [1.54, 1.807) is 0 Å². The summed E-state index contributed by atoms with van der Waals surface area (Å²) in [6.07, 6.45) is 0.119. The topological polar surface area (TPSA) is 74.8 Å². The Balaban J connectivity index is 0.00000450. The Kier molecular flexibility index (Phi) is 11.2. The van der Waals surface area contributed by atoms with Gasteiger partial charge in [-0.2, -0.15) is 0 Å². The second kappa shape index (κ2) is 13.1. The van der Waals surface area contributed by atoms with Crippen LogP contribution < -0.4 is 20.7 Å². The van der Waals surface area contributed by atoms with Gasteiger partial charge in [-0.1, -0.05) is 24.3 Å². The molecule has 3 N–H and O–H groups in total. The number of ether oxygens (including phenoxy) is 1. The number of anilines is 1. The van der Waals surface area contributed by atoms with Crippen LogP contribution in [0, 0.1) is 6.92 Å². The number of aliphatic imine (C=N–C) groups is 1. The lowest BCUT2D eigenvalue weighted by Crippen LogP contribution is -2.36. The summed E-state index contributed by atoms with van der Waals surface area (Å²) in [5.41, 5.74) is 4.05. The minimum absolute atomic E-state index is 0. The average molecular weight is 524 g/mol. The van der Waals surface area contributed by atoms with Crippen molar-refractivity contribution in [1.29, 1.82) is 0 Å². The van der Waals surface area contributed by atoms with Crippen molar-refractivity contribution in [2.45, 2.75) is 53.8 Å². The number of carbonyl (C=O) groups excluding carboxylic acids is 1. The Morgan fingerprint density at radius 2 is 1.90 bits per heavy atom. The SMILES string of the molecule is CCNC(=NCc1cccc(NC(C)=O)c1)NCc1ccc(C)cc1OC(C)C.I. The maximum absolute atomic E-state index is 11.2. The Bertz CT molecular complexity index is 853. The Morgan fingerprint density at radius 1 is 1.13 bits per heavy atom. The third-order valence-corrected chi connectivity index (χ3v) is 4.04. The molecule has 164 valence electrons. The smallest absolute Gasteiger partial charge is 0.221 e. The van der Waals surface area contributed by atoms with Gasteiger partial charge in [-0.3, -0.25) is 4.79 Å². The van der Waals surface area contributed by atoms with E-state index in [2.05, 4.69) is 46.1 Å². The Morgan fingerprint density at radius 3 is 2.57 bits per heavy atom. The van der Waals surface area contributed by atoms with Crippen LogP contribution in [0.25, 0.3) is 0 Å². The summed E-state index contributed by atoms with van der Waals surface area (Å²) in [5, 5.41) is 9.44. The molecule has 2 aromatic carbocycles. The first-order valence-electron chi connectivity index (χ1n) is 10.0. The van der Waals surface area contributed by atoms with Gasteiger partial charge in [-0.05, 0) is 57.0 Å². The second-order valence-corrected chi connectivity index (χ2v) is 7.21. The molecular weight excluding hydrogens is 491 g/mol. The number of hydrogen-bond acceptors (Lipinski definition) is 3. The van der Waals surface area contributed by atoms with Crippen molar-refractivity contribution in [2.24, 2.45) is 4.99 Å². The molecule has 1 amide bonds. The fourth-order valence-electron chi connectivity index (χ4n) is 2.81. The number of halogens is 1. The molecule has 0 aliphatic carbocycles. The van der Waals surface area contributed by atoms with Crippen molar-refractivity contribution in [3.63, 3.8) is 0 Å². The lowest BCUT2D eigenvalue weighted by molar-refractivity contribution is -0.114. The molecule has 0 heterocycles. The maximum Gasteiger partial charge on any atom is 0.221 e. The predicted molar refractivity (Wildman–Crippen MR) is 135 cm³/mol. The zero-order chi connectivity index (χ0) is 21.2. The van der Waals surface area contributed by atoms with E-state index in [1.165, 1.54) is 12.5 Å². The van der Waals surface area contributed by atoms with Gasteiger partial charge in [0.05, 0.1) is 12.6 Å². The van der Waals surface area contributed by atoms with Crippen molar-refractivity contribution < 1.29 is 9.53 Å². The van der Waals surface area contributed by atoms with E-state index in [9.17, 15) is 4.79 Å². The van der Waals surface area contributed by atoms with Crippen molar-refractivity contribution in [3.05, 3.63) is 59.2 Å². The van der Waals surface area contributed by atoms with Gasteiger partial charge in [-0.15, -0.1) is 24.0 Å². The second-order valence-electron chi connectivity index (χ2n) is 7.21. The Hall–Kier alpha value is -2.29. The molecule has 6 nitrogen and oxygen atoms in total. The maximum atomic E-state index is 11.2. The van der Waals surface area contributed by atoms with Crippen molar-refractivity contribution in [2.75, 3.05) is 11.9 Å². The number of nitrogens with zero attached hydrogens (tertiary/aromatic N) is 1. The standard InChI is InChI=1S/C23H32N4O2.HI/c1-6-24-23(25-14-19-8-7-9-21(13-19)27-18(5)28)26-15-20-11-10-17(4)12-22(20)29-16(2)3;/h7-13,16H,6,14-15H2,1-5H3,(H,27,28)(H2,24,25,26);1H. The molecular formula is C23H33IN4O2. The van der Waals surface area contributed by atoms with Crippen LogP contribution in [0.5, 0.6) is 5.75 Å². The summed E-state index contributed by atoms with van der Waals surface area (Å²) in [7, 11) is 0. The van der Waals surface area contributed by atoms with Crippen LogP contribution in [0.2, 0.25) is 0 Å². The summed E-state index contributed by atoms with van der Waals surface area (Å²) in [6, 6.07) is 13.9. The highest BCUT2D eigenvalue weighted by molar-refractivity contribution is 14.0. The highest BCUT2D eigenvalue weighted by Crippen LogP contribution is 2.21. The highest BCUT2D eigenvalue weighted by atomic mass is 127. The molecule has 30 heavy (non-hydrogen) atoms. The number of aryl methyl sites for hydroxylation is 1. The molecule has 0 fully saturated rings. The third kappa shape index (κ3) is 9.02. The fraction of sp³-hybridized carbons (Fsp3) is 0.391. The number of nitrogens with one attached hydrogen (secondary N) is 3. The summed E-state index contributed by atoms with van der Waals surface area (Å²) in [5.74, 6) is 1.54. The molecule has 0 aliphatic rings. The van der Waals surface area contributed by atoms with Gasteiger partial charge in [0.15, 0.2) is 5.96 Å². The molecule has 0 atom stereocenters. The van der Waals surface area contributed by atoms with Crippen molar-refractivity contribution in [3.8, 4) is 5.75 Å². The summed E-state index contributed by atoms with van der Waals surface area (Å²) in [4.78, 5) is 15.9. The highest BCUT2D eigenvalue weighted by Gasteiger charge is 2.07. The number of guanidine groups is 1. The zero-order valence-electron chi connectivity index (χ0n) is 18.4. The third-order valence-electron chi connectivity index (χ3n) is 4.04. The summed E-state index contributed by atoms with van der Waals surface area (Å²) in [6.45, 7) is 11.5. The van der Waals surface area contributed by atoms with Gasteiger partial charge in [0, 0.05) is 31.3 Å². The fourth-order valence-corrected chi connectivity index (χ4v) is 2.81. The van der Waals surface area contributed by atoms with E-state index >= 15 is 0 Å². The van der Waals surface area contributed by atoms with Crippen LogP contribution in [0.1, 0.15) is 44.4 Å². The van der Waals surface area contributed by atoms with E-state index in [0.717, 1.165) is 35.1 Å². The lowest BCUT2D eigenvalue weighted by Gasteiger charge is -2.17. The van der Waals surface area contributed by atoms with Gasteiger partial charge in [0.25, 0.3) is 0 Å². The van der Waals surface area contributed by atoms with Gasteiger partial charge >= 0.3 is 0 Å². The number of hydrogen-bond donors (Lipinski definition) is 3. The van der Waals surface area contributed by atoms with Gasteiger partial charge < -0.3 is 20.7 Å². The normalized spacial score (nSPS) is 10.9. The predicted octanol–water partition coefficient (Wildman–Crippen LogP) is 4.61. The largest absolute Gasteiger partial charge is 0.491 e. The minimum atomic E-state index is -0.0850. The average Bonchev–Trinajstić information content (AvgIpc) is 2.64. The lowest BCUT2D eigenvalue weighted by atomic mass is 10.1.